The van der Waals surface area contributed by atoms with Gasteiger partial charge in [-0.15, -0.1) is 11.3 Å². The highest BCUT2D eigenvalue weighted by Crippen LogP contribution is 2.30. The Labute approximate surface area is 369 Å². The van der Waals surface area contributed by atoms with Crippen LogP contribution in [0.2, 0.25) is 0 Å². The highest BCUT2D eigenvalue weighted by atomic mass is 32.1. The van der Waals surface area contributed by atoms with E-state index in [-0.39, 0.29) is 54.0 Å². The molecule has 0 spiro atoms. The number of amides is 4. The fourth-order valence-corrected chi connectivity index (χ4v) is 9.07. The summed E-state index contributed by atoms with van der Waals surface area (Å²) in [6.45, 7) is 16.3. The summed E-state index contributed by atoms with van der Waals surface area (Å²) in [5, 5.41) is 12.1. The third-order valence-corrected chi connectivity index (χ3v) is 12.9. The number of rotatable bonds is 26. The van der Waals surface area contributed by atoms with E-state index in [4.69, 9.17) is 14.2 Å². The first-order valence-corrected chi connectivity index (χ1v) is 22.8. The Morgan fingerprint density at radius 2 is 1.70 bits per heavy atom. The van der Waals surface area contributed by atoms with Gasteiger partial charge in [-0.1, -0.05) is 71.4 Å². The molecule has 2 heterocycles. The zero-order chi connectivity index (χ0) is 45.2. The van der Waals surface area contributed by atoms with Gasteiger partial charge >= 0.3 is 0 Å². The highest BCUT2D eigenvalue weighted by Gasteiger charge is 2.43. The SMILES string of the molecule is CC[C@H](C)[C@@H]([C@@H](CC(=O)N1CCC[C@H]1[C@H](OC)[C@@H](C)C(=O)N[C@@H](Cc1ccccc1)c1nccs1)OC)N(C)C(=O)[C@@H](NC(=O)C(=C(C)C)N(C)CCOCCNC)C(C)C. The van der Waals surface area contributed by atoms with Crippen LogP contribution >= 0.6 is 11.3 Å². The summed E-state index contributed by atoms with van der Waals surface area (Å²) in [6.07, 6.45) is 3.37. The van der Waals surface area contributed by atoms with E-state index in [0.29, 0.717) is 44.8 Å². The molecule has 0 radical (unpaired) electrons. The van der Waals surface area contributed by atoms with E-state index in [1.807, 2.05) is 94.2 Å². The average molecular weight is 870 g/mol. The van der Waals surface area contributed by atoms with E-state index >= 15 is 0 Å². The number of carbonyl (C=O) groups excluding carboxylic acids is 4. The summed E-state index contributed by atoms with van der Waals surface area (Å²) >= 11 is 1.50. The lowest BCUT2D eigenvalue weighted by Gasteiger charge is -2.41. The van der Waals surface area contributed by atoms with Crippen molar-refractivity contribution in [3.8, 4) is 0 Å². The van der Waals surface area contributed by atoms with E-state index in [2.05, 4.69) is 34.8 Å². The number of allylic oxidation sites excluding steroid dienone is 1. The maximum Gasteiger partial charge on any atom is 0.268 e. The molecule has 1 saturated heterocycles. The molecule has 14 nitrogen and oxygen atoms in total. The van der Waals surface area contributed by atoms with Crippen LogP contribution in [0.15, 0.2) is 53.2 Å². The molecule has 3 rings (SSSR count). The molecule has 1 aromatic heterocycles. The lowest BCUT2D eigenvalue weighted by Crippen LogP contribution is -2.58. The van der Waals surface area contributed by atoms with Crippen LogP contribution in [0.25, 0.3) is 0 Å². The first-order chi connectivity index (χ1) is 29.1. The number of aromatic nitrogens is 1. The summed E-state index contributed by atoms with van der Waals surface area (Å²) in [5.74, 6) is -1.70. The van der Waals surface area contributed by atoms with Crippen molar-refractivity contribution in [1.29, 1.82) is 0 Å². The monoisotopic (exact) mass is 870 g/mol. The van der Waals surface area contributed by atoms with Gasteiger partial charge in [0.1, 0.15) is 16.7 Å². The van der Waals surface area contributed by atoms with Gasteiger partial charge in [0.15, 0.2) is 0 Å². The van der Waals surface area contributed by atoms with Crippen molar-refractivity contribution in [2.45, 2.75) is 117 Å². The van der Waals surface area contributed by atoms with Crippen LogP contribution in [0.5, 0.6) is 0 Å². The fourth-order valence-electron chi connectivity index (χ4n) is 8.38. The third kappa shape index (κ3) is 14.6. The van der Waals surface area contributed by atoms with Crippen LogP contribution in [-0.2, 0) is 39.8 Å². The van der Waals surface area contributed by atoms with Crippen LogP contribution in [0, 0.1) is 17.8 Å². The number of methoxy groups -OCH3 is 2. The summed E-state index contributed by atoms with van der Waals surface area (Å²) < 4.78 is 17.8. The number of nitrogens with zero attached hydrogens (tertiary/aromatic N) is 4. The van der Waals surface area contributed by atoms with E-state index < -0.39 is 30.2 Å². The number of hydrogen-bond donors (Lipinski definition) is 3. The Balaban J connectivity index is 1.77. The minimum absolute atomic E-state index is 0.0294. The molecule has 0 bridgehead atoms. The van der Waals surface area contributed by atoms with Gasteiger partial charge < -0.3 is 44.9 Å². The molecule has 3 N–H and O–H groups in total. The molecular weight excluding hydrogens is 795 g/mol. The second-order valence-corrected chi connectivity index (χ2v) is 17.8. The van der Waals surface area contributed by atoms with E-state index in [1.165, 1.54) is 11.3 Å². The molecule has 1 fully saturated rings. The first kappa shape index (κ1) is 51.5. The van der Waals surface area contributed by atoms with Gasteiger partial charge in [-0.3, -0.25) is 19.2 Å². The van der Waals surface area contributed by atoms with Crippen LogP contribution in [0.4, 0.5) is 0 Å². The molecule has 0 saturated carbocycles. The molecule has 0 aliphatic carbocycles. The molecule has 61 heavy (non-hydrogen) atoms. The Hall–Kier alpha value is -3.89. The molecule has 342 valence electrons. The molecule has 2 aromatic rings. The Morgan fingerprint density at radius 1 is 1.00 bits per heavy atom. The van der Waals surface area contributed by atoms with Crippen molar-refractivity contribution >= 4 is 35.0 Å². The van der Waals surface area contributed by atoms with E-state index in [9.17, 15) is 19.2 Å². The van der Waals surface area contributed by atoms with Crippen LogP contribution in [-0.4, -0.2) is 142 Å². The first-order valence-electron chi connectivity index (χ1n) is 21.9. The second-order valence-electron chi connectivity index (χ2n) is 16.9. The van der Waals surface area contributed by atoms with Gasteiger partial charge in [-0.05, 0) is 63.1 Å². The number of ether oxygens (including phenoxy) is 3. The maximum atomic E-state index is 14.5. The normalized spacial score (nSPS) is 17.5. The number of benzene rings is 1. The van der Waals surface area contributed by atoms with E-state index in [1.54, 1.807) is 32.4 Å². The molecule has 0 unspecified atom stereocenters. The van der Waals surface area contributed by atoms with Gasteiger partial charge in [0.25, 0.3) is 5.91 Å². The summed E-state index contributed by atoms with van der Waals surface area (Å²) in [6, 6.07) is 8.07. The number of carbonyl (C=O) groups is 4. The van der Waals surface area contributed by atoms with Gasteiger partial charge in [-0.2, -0.15) is 0 Å². The Kier molecular flexibility index (Phi) is 21.9. The summed E-state index contributed by atoms with van der Waals surface area (Å²) in [4.78, 5) is 66.6. The van der Waals surface area contributed by atoms with Crippen LogP contribution in [0.1, 0.15) is 90.8 Å². The van der Waals surface area contributed by atoms with Gasteiger partial charge in [0.05, 0.1) is 55.9 Å². The quantitative estimate of drug-likeness (QED) is 0.0864. The number of hydrogen-bond acceptors (Lipinski definition) is 11. The topological polar surface area (TPSA) is 155 Å². The lowest BCUT2D eigenvalue weighted by molar-refractivity contribution is -0.147. The molecule has 1 aliphatic heterocycles. The Morgan fingerprint density at radius 3 is 2.28 bits per heavy atom. The van der Waals surface area contributed by atoms with Crippen molar-refractivity contribution < 1.29 is 33.4 Å². The summed E-state index contributed by atoms with van der Waals surface area (Å²) in [7, 11) is 8.63. The zero-order valence-electron chi connectivity index (χ0n) is 38.9. The van der Waals surface area contributed by atoms with Crippen LogP contribution in [0.3, 0.4) is 0 Å². The average Bonchev–Trinajstić information content (AvgIpc) is 3.96. The fraction of sp³-hybridized carbons (Fsp3) is 0.674. The molecular formula is C46H75N7O7S. The van der Waals surface area contributed by atoms with Gasteiger partial charge in [-0.25, -0.2) is 4.98 Å². The minimum atomic E-state index is -0.826. The molecule has 1 aromatic carbocycles. The number of likely N-dealkylation sites (N-methyl/N-ethyl adjacent to an activating group) is 3. The Bertz CT molecular complexity index is 1670. The zero-order valence-corrected chi connectivity index (χ0v) is 39.7. The molecule has 4 amide bonds. The van der Waals surface area contributed by atoms with Gasteiger partial charge in [0.2, 0.25) is 17.7 Å². The predicted octanol–water partition coefficient (Wildman–Crippen LogP) is 5.07. The van der Waals surface area contributed by atoms with Crippen molar-refractivity contribution in [2.75, 3.05) is 68.2 Å². The lowest BCUT2D eigenvalue weighted by atomic mass is 9.89. The minimum Gasteiger partial charge on any atom is -0.379 e. The molecule has 8 atom stereocenters. The second kappa shape index (κ2) is 25.9. The van der Waals surface area contributed by atoms with Crippen molar-refractivity contribution in [3.63, 3.8) is 0 Å². The van der Waals surface area contributed by atoms with Crippen LogP contribution < -0.4 is 16.0 Å². The highest BCUT2D eigenvalue weighted by molar-refractivity contribution is 7.09. The van der Waals surface area contributed by atoms with Gasteiger partial charge in [0, 0.05) is 59.5 Å². The van der Waals surface area contributed by atoms with Crippen molar-refractivity contribution in [2.24, 2.45) is 17.8 Å². The molecule has 15 heteroatoms. The number of nitrogens with one attached hydrogen (secondary N) is 3. The standard InChI is InChI=1S/C46H75N7O7S/c1-13-32(6)41(52(10)46(57)39(30(2)3)50-44(56)40(31(4)5)51(9)24-26-60-25-21-47-8)37(58-11)29-38(54)53-23-17-20-36(53)42(59-12)33(7)43(55)49-35(45-48-22-27-61-45)28-34-18-15-14-16-19-34/h14-16,18-19,22,27,30,32-33,35-37,39,41-42,47H,13,17,20-21,23-26,28-29H2,1-12H3,(H,49,55)(H,50,56)/t32-,33+,35-,36-,37+,39-,41-,42+/m0/s1. The number of likely N-dealkylation sites (tertiary alicyclic amines) is 1. The van der Waals surface area contributed by atoms with E-state index in [0.717, 1.165) is 35.5 Å². The predicted molar refractivity (Wildman–Crippen MR) is 242 cm³/mol. The molecule has 1 aliphatic rings. The third-order valence-electron chi connectivity index (χ3n) is 12.0. The smallest absolute Gasteiger partial charge is 0.268 e. The van der Waals surface area contributed by atoms with Crippen molar-refractivity contribution in [3.05, 3.63) is 63.7 Å². The van der Waals surface area contributed by atoms with Crippen molar-refractivity contribution in [1.82, 2.24) is 35.6 Å². The summed E-state index contributed by atoms with van der Waals surface area (Å²) in [5.41, 5.74) is 2.40. The maximum absolute atomic E-state index is 14.5. The number of thiazole rings is 1. The largest absolute Gasteiger partial charge is 0.379 e.